The van der Waals surface area contributed by atoms with Crippen molar-refractivity contribution in [3.05, 3.63) is 0 Å². The normalized spacial score (nSPS) is 29.3. The third-order valence-corrected chi connectivity index (χ3v) is 4.26. The van der Waals surface area contributed by atoms with E-state index in [-0.39, 0.29) is 17.9 Å². The SMILES string of the molecule is CCC1CC(C(=O)O)C(C(=O)NC(C)C(C)C)C1. The standard InChI is InChI=1S/C14H25NO3/c1-5-10-6-11(12(7-10)14(17)18)13(16)15-9(4)8(2)3/h8-12H,5-7H2,1-4H3,(H,15,16)(H,17,18). The highest BCUT2D eigenvalue weighted by Crippen LogP contribution is 2.38. The summed E-state index contributed by atoms with van der Waals surface area (Å²) in [6, 6.07) is 0.0904. The van der Waals surface area contributed by atoms with Crippen molar-refractivity contribution in [1.29, 1.82) is 0 Å². The molecule has 4 unspecified atom stereocenters. The molecule has 0 saturated heterocycles. The summed E-state index contributed by atoms with van der Waals surface area (Å²) in [7, 11) is 0. The van der Waals surface area contributed by atoms with Gasteiger partial charge >= 0.3 is 5.97 Å². The average molecular weight is 255 g/mol. The lowest BCUT2D eigenvalue weighted by Gasteiger charge is -2.22. The number of aliphatic carboxylic acids is 1. The second-order valence-electron chi connectivity index (χ2n) is 5.84. The Hall–Kier alpha value is -1.06. The molecule has 4 heteroatoms. The van der Waals surface area contributed by atoms with Gasteiger partial charge in [-0.05, 0) is 31.6 Å². The molecule has 0 aromatic heterocycles. The Kier molecular flexibility index (Phi) is 5.17. The maximum Gasteiger partial charge on any atom is 0.307 e. The molecule has 0 spiro atoms. The minimum atomic E-state index is -0.830. The third-order valence-electron chi connectivity index (χ3n) is 4.26. The first-order chi connectivity index (χ1) is 8.36. The Bertz CT molecular complexity index is 314. The van der Waals surface area contributed by atoms with Crippen LogP contribution in [0.25, 0.3) is 0 Å². The van der Waals surface area contributed by atoms with Crippen molar-refractivity contribution in [3.8, 4) is 0 Å². The Morgan fingerprint density at radius 3 is 2.22 bits per heavy atom. The van der Waals surface area contributed by atoms with Gasteiger partial charge < -0.3 is 10.4 Å². The summed E-state index contributed by atoms with van der Waals surface area (Å²) in [6.07, 6.45) is 2.30. The Morgan fingerprint density at radius 1 is 1.22 bits per heavy atom. The molecule has 1 fully saturated rings. The van der Waals surface area contributed by atoms with Crippen LogP contribution in [0.15, 0.2) is 0 Å². The van der Waals surface area contributed by atoms with Crippen molar-refractivity contribution in [2.45, 2.75) is 53.0 Å². The van der Waals surface area contributed by atoms with Crippen LogP contribution in [0.3, 0.4) is 0 Å². The van der Waals surface area contributed by atoms with Crippen molar-refractivity contribution in [3.63, 3.8) is 0 Å². The first-order valence-electron chi connectivity index (χ1n) is 6.89. The summed E-state index contributed by atoms with van der Waals surface area (Å²) >= 11 is 0. The number of hydrogen-bond acceptors (Lipinski definition) is 2. The summed E-state index contributed by atoms with van der Waals surface area (Å²) in [6.45, 7) is 8.11. The van der Waals surface area contributed by atoms with Crippen LogP contribution in [0, 0.1) is 23.7 Å². The van der Waals surface area contributed by atoms with Gasteiger partial charge in [-0.1, -0.05) is 27.2 Å². The van der Waals surface area contributed by atoms with Crippen LogP contribution in [0.4, 0.5) is 0 Å². The zero-order valence-electron chi connectivity index (χ0n) is 11.8. The predicted octanol–water partition coefficient (Wildman–Crippen LogP) is 2.28. The zero-order valence-corrected chi connectivity index (χ0v) is 11.8. The maximum atomic E-state index is 12.2. The molecule has 0 heterocycles. The summed E-state index contributed by atoms with van der Waals surface area (Å²) < 4.78 is 0. The first kappa shape index (κ1) is 15.0. The Morgan fingerprint density at radius 2 is 1.78 bits per heavy atom. The Balaban J connectivity index is 2.67. The van der Waals surface area contributed by atoms with E-state index in [4.69, 9.17) is 0 Å². The average Bonchev–Trinajstić information content (AvgIpc) is 2.72. The summed E-state index contributed by atoms with van der Waals surface area (Å²) in [5.41, 5.74) is 0. The number of rotatable bonds is 5. The lowest BCUT2D eigenvalue weighted by molar-refractivity contribution is -0.146. The molecular formula is C14H25NO3. The van der Waals surface area contributed by atoms with Gasteiger partial charge in [-0.3, -0.25) is 9.59 Å². The molecule has 0 aliphatic heterocycles. The lowest BCUT2D eigenvalue weighted by atomic mass is 9.94. The number of nitrogens with one attached hydrogen (secondary N) is 1. The van der Waals surface area contributed by atoms with Crippen molar-refractivity contribution >= 4 is 11.9 Å². The van der Waals surface area contributed by atoms with E-state index in [1.54, 1.807) is 0 Å². The molecule has 104 valence electrons. The van der Waals surface area contributed by atoms with E-state index in [1.165, 1.54) is 0 Å². The van der Waals surface area contributed by atoms with Crippen LogP contribution >= 0.6 is 0 Å². The highest BCUT2D eigenvalue weighted by molar-refractivity contribution is 5.85. The van der Waals surface area contributed by atoms with Crippen molar-refractivity contribution in [2.24, 2.45) is 23.7 Å². The van der Waals surface area contributed by atoms with Crippen LogP contribution in [0.1, 0.15) is 47.0 Å². The first-order valence-corrected chi connectivity index (χ1v) is 6.89. The molecule has 0 bridgehead atoms. The molecule has 4 nitrogen and oxygen atoms in total. The molecule has 2 N–H and O–H groups in total. The van der Waals surface area contributed by atoms with E-state index >= 15 is 0 Å². The number of carboxylic acid groups (broad SMARTS) is 1. The number of carbonyl (C=O) groups excluding carboxylic acids is 1. The number of carboxylic acids is 1. The molecule has 1 saturated carbocycles. The molecule has 1 rings (SSSR count). The molecule has 1 aliphatic rings. The van der Waals surface area contributed by atoms with E-state index < -0.39 is 11.9 Å². The van der Waals surface area contributed by atoms with Gasteiger partial charge in [0.25, 0.3) is 0 Å². The molecule has 4 atom stereocenters. The topological polar surface area (TPSA) is 66.4 Å². The van der Waals surface area contributed by atoms with Gasteiger partial charge in [0, 0.05) is 6.04 Å². The van der Waals surface area contributed by atoms with E-state index in [0.717, 1.165) is 6.42 Å². The monoisotopic (exact) mass is 255 g/mol. The summed E-state index contributed by atoms with van der Waals surface area (Å²) in [5, 5.41) is 12.2. The van der Waals surface area contributed by atoms with Crippen LogP contribution < -0.4 is 5.32 Å². The Labute approximate surface area is 109 Å². The van der Waals surface area contributed by atoms with Gasteiger partial charge in [0.15, 0.2) is 0 Å². The zero-order chi connectivity index (χ0) is 13.9. The molecule has 1 aliphatic carbocycles. The number of carbonyl (C=O) groups is 2. The minimum absolute atomic E-state index is 0.0837. The van der Waals surface area contributed by atoms with Gasteiger partial charge in [0.05, 0.1) is 11.8 Å². The highest BCUT2D eigenvalue weighted by atomic mass is 16.4. The second kappa shape index (κ2) is 6.21. The van der Waals surface area contributed by atoms with Gasteiger partial charge in [-0.15, -0.1) is 0 Å². The van der Waals surface area contributed by atoms with Crippen molar-refractivity contribution in [1.82, 2.24) is 5.32 Å². The van der Waals surface area contributed by atoms with Crippen LogP contribution in [0.5, 0.6) is 0 Å². The second-order valence-corrected chi connectivity index (χ2v) is 5.84. The molecule has 1 amide bonds. The van der Waals surface area contributed by atoms with Gasteiger partial charge in [0.1, 0.15) is 0 Å². The van der Waals surface area contributed by atoms with Crippen molar-refractivity contribution in [2.75, 3.05) is 0 Å². The fraction of sp³-hybridized carbons (Fsp3) is 0.857. The molecule has 0 radical (unpaired) electrons. The van der Waals surface area contributed by atoms with Crippen LogP contribution in [-0.4, -0.2) is 23.0 Å². The van der Waals surface area contributed by atoms with Crippen LogP contribution in [0.2, 0.25) is 0 Å². The fourth-order valence-corrected chi connectivity index (χ4v) is 2.54. The third kappa shape index (κ3) is 3.47. The number of amides is 1. The smallest absolute Gasteiger partial charge is 0.307 e. The van der Waals surface area contributed by atoms with E-state index in [1.807, 2.05) is 20.8 Å². The van der Waals surface area contributed by atoms with Gasteiger partial charge in [-0.25, -0.2) is 0 Å². The predicted molar refractivity (Wildman–Crippen MR) is 70.1 cm³/mol. The lowest BCUT2D eigenvalue weighted by Crippen LogP contribution is -2.42. The maximum absolute atomic E-state index is 12.2. The van der Waals surface area contributed by atoms with E-state index in [9.17, 15) is 14.7 Å². The summed E-state index contributed by atoms with van der Waals surface area (Å²) in [5.74, 6) is -1.04. The summed E-state index contributed by atoms with van der Waals surface area (Å²) in [4.78, 5) is 23.4. The quantitative estimate of drug-likeness (QED) is 0.792. The van der Waals surface area contributed by atoms with Crippen molar-refractivity contribution < 1.29 is 14.7 Å². The molecule has 0 aromatic carbocycles. The van der Waals surface area contributed by atoms with Crippen LogP contribution in [-0.2, 0) is 9.59 Å². The fourth-order valence-electron chi connectivity index (χ4n) is 2.54. The van der Waals surface area contributed by atoms with Gasteiger partial charge in [0.2, 0.25) is 5.91 Å². The van der Waals surface area contributed by atoms with E-state index in [2.05, 4.69) is 12.2 Å². The number of hydrogen-bond donors (Lipinski definition) is 2. The largest absolute Gasteiger partial charge is 0.481 e. The highest BCUT2D eigenvalue weighted by Gasteiger charge is 2.42. The molecule has 0 aromatic rings. The molecule has 18 heavy (non-hydrogen) atoms. The van der Waals surface area contributed by atoms with Gasteiger partial charge in [-0.2, -0.15) is 0 Å². The molecular weight excluding hydrogens is 230 g/mol. The van der Waals surface area contributed by atoms with E-state index in [0.29, 0.717) is 24.7 Å². The minimum Gasteiger partial charge on any atom is -0.481 e.